The molecule has 8 nitrogen and oxygen atoms in total. The van der Waals surface area contributed by atoms with Gasteiger partial charge < -0.3 is 4.57 Å². The molecule has 136 valence electrons. The van der Waals surface area contributed by atoms with Crippen molar-refractivity contribution in [1.29, 1.82) is 0 Å². The zero-order valence-electron chi connectivity index (χ0n) is 15.0. The van der Waals surface area contributed by atoms with Crippen LogP contribution in [0.2, 0.25) is 0 Å². The number of thiazole rings is 1. The monoisotopic (exact) mass is 373 g/mol. The Bertz CT molecular complexity index is 1070. The maximum Gasteiger partial charge on any atom is 0.297 e. The molecule has 0 radical (unpaired) electrons. The smallest absolute Gasteiger partial charge is 0.297 e. The molecule has 0 spiro atoms. The molecule has 0 saturated carbocycles. The molecule has 3 aromatic rings. The van der Waals surface area contributed by atoms with Gasteiger partial charge >= 0.3 is 0 Å². The highest BCUT2D eigenvalue weighted by molar-refractivity contribution is 7.16. The van der Waals surface area contributed by atoms with Crippen LogP contribution in [0, 0.1) is 17.0 Å². The lowest BCUT2D eigenvalue weighted by atomic mass is 10.3. The molecule has 0 aliphatic heterocycles. The van der Waals surface area contributed by atoms with Gasteiger partial charge in [-0.05, 0) is 39.8 Å². The Morgan fingerprint density at radius 1 is 1.38 bits per heavy atom. The molecule has 1 amide bonds. The van der Waals surface area contributed by atoms with Crippen molar-refractivity contribution in [1.82, 2.24) is 14.3 Å². The first-order valence-electron chi connectivity index (χ1n) is 8.24. The zero-order chi connectivity index (χ0) is 19.0. The molecule has 2 heterocycles. The molecule has 0 atom stereocenters. The molecule has 0 aliphatic carbocycles. The van der Waals surface area contributed by atoms with E-state index in [2.05, 4.69) is 10.1 Å². The summed E-state index contributed by atoms with van der Waals surface area (Å²) in [6.07, 6.45) is 0. The third kappa shape index (κ3) is 3.17. The van der Waals surface area contributed by atoms with Crippen LogP contribution in [0.4, 0.5) is 5.69 Å². The van der Waals surface area contributed by atoms with E-state index in [-0.39, 0.29) is 17.6 Å². The fraction of sp³-hybridized carbons (Fsp3) is 0.353. The topological polar surface area (TPSA) is 95.3 Å². The Morgan fingerprint density at radius 3 is 2.73 bits per heavy atom. The van der Waals surface area contributed by atoms with E-state index >= 15 is 0 Å². The van der Waals surface area contributed by atoms with Gasteiger partial charge in [-0.25, -0.2) is 0 Å². The molecule has 26 heavy (non-hydrogen) atoms. The Morgan fingerprint density at radius 2 is 2.12 bits per heavy atom. The highest BCUT2D eigenvalue weighted by atomic mass is 32.1. The molecule has 0 bridgehead atoms. The summed E-state index contributed by atoms with van der Waals surface area (Å²) in [5.41, 5.74) is 2.03. The highest BCUT2D eigenvalue weighted by Gasteiger charge is 2.17. The molecule has 0 saturated heterocycles. The fourth-order valence-corrected chi connectivity index (χ4v) is 3.91. The number of aromatic nitrogens is 3. The largest absolute Gasteiger partial charge is 0.317 e. The minimum absolute atomic E-state index is 0.0217. The maximum absolute atomic E-state index is 12.7. The molecule has 0 aliphatic rings. The molecule has 1 aromatic carbocycles. The van der Waals surface area contributed by atoms with Crippen molar-refractivity contribution < 1.29 is 9.72 Å². The zero-order valence-corrected chi connectivity index (χ0v) is 15.8. The third-order valence-corrected chi connectivity index (χ3v) is 5.00. The van der Waals surface area contributed by atoms with E-state index in [4.69, 9.17) is 0 Å². The highest BCUT2D eigenvalue weighted by Crippen LogP contribution is 2.23. The summed E-state index contributed by atoms with van der Waals surface area (Å²) < 4.78 is 4.27. The first-order valence-corrected chi connectivity index (χ1v) is 9.06. The number of nitro benzene ring substituents is 1. The van der Waals surface area contributed by atoms with Gasteiger partial charge in [0.25, 0.3) is 11.6 Å². The Kier molecular flexibility index (Phi) is 4.73. The minimum Gasteiger partial charge on any atom is -0.317 e. The summed E-state index contributed by atoms with van der Waals surface area (Å²) in [5.74, 6) is -0.373. The van der Waals surface area contributed by atoms with Gasteiger partial charge in [0.15, 0.2) is 4.80 Å². The van der Waals surface area contributed by atoms with Crippen molar-refractivity contribution in [3.63, 3.8) is 0 Å². The molecular weight excluding hydrogens is 354 g/mol. The van der Waals surface area contributed by atoms with Crippen LogP contribution < -0.4 is 4.80 Å². The number of nitrogens with zero attached hydrogens (tertiary/aromatic N) is 5. The number of non-ortho nitro benzene ring substituents is 1. The van der Waals surface area contributed by atoms with Crippen LogP contribution in [0.15, 0.2) is 29.3 Å². The molecule has 2 aromatic heterocycles. The van der Waals surface area contributed by atoms with Gasteiger partial charge in [-0.2, -0.15) is 10.1 Å². The van der Waals surface area contributed by atoms with E-state index in [9.17, 15) is 14.9 Å². The SMILES string of the molecule is CCn1c(=NC(=O)c2cc(C)nn2C(C)C)sc2cc([N+](=O)[O-])ccc21. The van der Waals surface area contributed by atoms with Crippen LogP contribution >= 0.6 is 11.3 Å². The number of hydrogen-bond donors (Lipinski definition) is 0. The van der Waals surface area contributed by atoms with Crippen LogP contribution in [-0.4, -0.2) is 25.2 Å². The second kappa shape index (κ2) is 6.83. The summed E-state index contributed by atoms with van der Waals surface area (Å²) >= 11 is 1.27. The number of nitro groups is 1. The Labute approximate surface area is 153 Å². The quantitative estimate of drug-likeness (QED) is 0.517. The molecule has 0 N–H and O–H groups in total. The number of amides is 1. The molecule has 0 fully saturated rings. The van der Waals surface area contributed by atoms with Gasteiger partial charge in [0.05, 0.1) is 20.8 Å². The first kappa shape index (κ1) is 18.0. The summed E-state index contributed by atoms with van der Waals surface area (Å²) in [7, 11) is 0. The van der Waals surface area contributed by atoms with Crippen molar-refractivity contribution in [3.05, 3.63) is 50.6 Å². The molecular formula is C17H19N5O3S. The fourth-order valence-electron chi connectivity index (χ4n) is 2.78. The predicted molar refractivity (Wildman–Crippen MR) is 99.4 cm³/mol. The van der Waals surface area contributed by atoms with E-state index in [1.54, 1.807) is 16.8 Å². The van der Waals surface area contributed by atoms with Crippen LogP contribution in [0.3, 0.4) is 0 Å². The summed E-state index contributed by atoms with van der Waals surface area (Å²) in [6.45, 7) is 8.29. The van der Waals surface area contributed by atoms with E-state index in [0.29, 0.717) is 17.0 Å². The van der Waals surface area contributed by atoms with E-state index in [0.717, 1.165) is 15.9 Å². The van der Waals surface area contributed by atoms with Crippen LogP contribution in [0.1, 0.15) is 43.0 Å². The van der Waals surface area contributed by atoms with Crippen LogP contribution in [0.5, 0.6) is 0 Å². The van der Waals surface area contributed by atoms with Crippen LogP contribution in [-0.2, 0) is 6.54 Å². The number of hydrogen-bond acceptors (Lipinski definition) is 5. The van der Waals surface area contributed by atoms with Crippen LogP contribution in [0.25, 0.3) is 10.2 Å². The lowest BCUT2D eigenvalue weighted by Gasteiger charge is -2.08. The number of rotatable bonds is 4. The summed E-state index contributed by atoms with van der Waals surface area (Å²) in [4.78, 5) is 28.1. The lowest BCUT2D eigenvalue weighted by molar-refractivity contribution is -0.384. The van der Waals surface area contributed by atoms with Gasteiger partial charge in [-0.15, -0.1) is 0 Å². The van der Waals surface area contributed by atoms with Gasteiger partial charge in [0.2, 0.25) is 0 Å². The average Bonchev–Trinajstić information content (AvgIpc) is 3.13. The number of aryl methyl sites for hydroxylation is 2. The maximum atomic E-state index is 12.7. The van der Waals surface area contributed by atoms with Gasteiger partial charge in [0, 0.05) is 24.7 Å². The van der Waals surface area contributed by atoms with Crippen molar-refractivity contribution >= 4 is 33.1 Å². The number of carbonyl (C=O) groups is 1. The van der Waals surface area contributed by atoms with Crippen molar-refractivity contribution in [2.24, 2.45) is 4.99 Å². The normalized spacial score (nSPS) is 12.3. The summed E-state index contributed by atoms with van der Waals surface area (Å²) in [6, 6.07) is 6.43. The molecule has 0 unspecified atom stereocenters. The van der Waals surface area contributed by atoms with E-state index in [1.165, 1.54) is 23.5 Å². The number of carbonyl (C=O) groups excluding carboxylic acids is 1. The van der Waals surface area contributed by atoms with Gasteiger partial charge in [-0.3, -0.25) is 19.6 Å². The Hall–Kier alpha value is -2.81. The first-order chi connectivity index (χ1) is 12.3. The predicted octanol–water partition coefficient (Wildman–Crippen LogP) is 3.46. The van der Waals surface area contributed by atoms with E-state index in [1.807, 2.05) is 32.3 Å². The minimum atomic E-state index is -0.429. The molecule has 9 heteroatoms. The lowest BCUT2D eigenvalue weighted by Crippen LogP contribution is -2.18. The summed E-state index contributed by atoms with van der Waals surface area (Å²) in [5, 5.41) is 15.3. The average molecular weight is 373 g/mol. The number of benzene rings is 1. The third-order valence-electron chi connectivity index (χ3n) is 3.96. The standard InChI is InChI=1S/C17H19N5O3S/c1-5-20-13-7-6-12(22(24)25)9-15(13)26-17(20)18-16(23)14-8-11(4)19-21(14)10(2)3/h6-10H,5H2,1-4H3. The number of fused-ring (bicyclic) bond motifs is 1. The molecule has 3 rings (SSSR count). The second-order valence-electron chi connectivity index (χ2n) is 6.16. The van der Waals surface area contributed by atoms with Gasteiger partial charge in [0.1, 0.15) is 5.69 Å². The van der Waals surface area contributed by atoms with Crippen molar-refractivity contribution in [2.75, 3.05) is 0 Å². The van der Waals surface area contributed by atoms with Gasteiger partial charge in [-0.1, -0.05) is 11.3 Å². The van der Waals surface area contributed by atoms with E-state index < -0.39 is 4.92 Å². The second-order valence-corrected chi connectivity index (χ2v) is 7.17. The Balaban J connectivity index is 2.15. The van der Waals surface area contributed by atoms with Crippen molar-refractivity contribution in [2.45, 2.75) is 40.3 Å². The van der Waals surface area contributed by atoms with Crippen molar-refractivity contribution in [3.8, 4) is 0 Å².